The zero-order valence-electron chi connectivity index (χ0n) is 8.96. The summed E-state index contributed by atoms with van der Waals surface area (Å²) in [6.07, 6.45) is 3.00. The lowest BCUT2D eigenvalue weighted by Gasteiger charge is -2.31. The Balaban J connectivity index is 2.18. The first-order valence-electron chi connectivity index (χ1n) is 5.35. The highest BCUT2D eigenvalue weighted by molar-refractivity contribution is 4.73. The van der Waals surface area contributed by atoms with Crippen molar-refractivity contribution in [2.24, 2.45) is 5.92 Å². The Hall–Kier alpha value is -0.0800. The third-order valence-corrected chi connectivity index (χ3v) is 2.58. The molecule has 77 valence electrons. The van der Waals surface area contributed by atoms with Crippen molar-refractivity contribution < 1.29 is 4.74 Å². The standard InChI is InChI=1S/C11H22NO/c1-4-12-7-5-6-11(8-12)9-13-10(2)3/h10-11H,1,4-9H2,2-3H3. The molecule has 0 saturated carbocycles. The average molecular weight is 184 g/mol. The van der Waals surface area contributed by atoms with Crippen LogP contribution in [0.4, 0.5) is 0 Å². The minimum absolute atomic E-state index is 0.370. The van der Waals surface area contributed by atoms with Crippen LogP contribution in [0.15, 0.2) is 0 Å². The Morgan fingerprint density at radius 1 is 1.54 bits per heavy atom. The van der Waals surface area contributed by atoms with Gasteiger partial charge < -0.3 is 9.64 Å². The Labute approximate surface area is 82.3 Å². The summed E-state index contributed by atoms with van der Waals surface area (Å²) in [5.74, 6) is 0.734. The van der Waals surface area contributed by atoms with Crippen molar-refractivity contribution in [1.82, 2.24) is 4.90 Å². The van der Waals surface area contributed by atoms with Crippen LogP contribution >= 0.6 is 0 Å². The molecule has 1 aliphatic rings. The van der Waals surface area contributed by atoms with E-state index in [0.29, 0.717) is 6.10 Å². The zero-order valence-corrected chi connectivity index (χ0v) is 8.96. The van der Waals surface area contributed by atoms with Gasteiger partial charge >= 0.3 is 0 Å². The topological polar surface area (TPSA) is 12.5 Å². The molecule has 0 aromatic rings. The fraction of sp³-hybridized carbons (Fsp3) is 0.909. The molecule has 0 aliphatic carbocycles. The second-order valence-corrected chi connectivity index (χ2v) is 4.19. The van der Waals surface area contributed by atoms with Gasteiger partial charge in [-0.25, -0.2) is 0 Å². The molecule has 1 atom stereocenters. The summed E-state index contributed by atoms with van der Waals surface area (Å²) in [5.41, 5.74) is 0. The monoisotopic (exact) mass is 184 g/mol. The fourth-order valence-electron chi connectivity index (χ4n) is 1.82. The molecule has 2 heteroatoms. The second-order valence-electron chi connectivity index (χ2n) is 4.19. The molecule has 13 heavy (non-hydrogen) atoms. The number of piperidine rings is 1. The second kappa shape index (κ2) is 5.61. The molecule has 1 heterocycles. The quantitative estimate of drug-likeness (QED) is 0.662. The molecule has 1 unspecified atom stereocenters. The van der Waals surface area contributed by atoms with Gasteiger partial charge in [-0.05, 0) is 52.6 Å². The summed E-state index contributed by atoms with van der Waals surface area (Å²) < 4.78 is 5.63. The van der Waals surface area contributed by atoms with Crippen molar-refractivity contribution in [2.45, 2.75) is 32.8 Å². The molecule has 0 N–H and O–H groups in total. The predicted octanol–water partition coefficient (Wildman–Crippen LogP) is 1.96. The Morgan fingerprint density at radius 3 is 2.92 bits per heavy atom. The van der Waals surface area contributed by atoms with Gasteiger partial charge in [-0.1, -0.05) is 0 Å². The predicted molar refractivity (Wildman–Crippen MR) is 55.6 cm³/mol. The normalized spacial score (nSPS) is 25.4. The SMILES string of the molecule is [CH2]CN1CCCC(COC(C)C)C1. The number of ether oxygens (including phenoxy) is 1. The van der Waals surface area contributed by atoms with Gasteiger partial charge in [-0.2, -0.15) is 0 Å². The van der Waals surface area contributed by atoms with Crippen LogP contribution in [0.3, 0.4) is 0 Å². The van der Waals surface area contributed by atoms with Crippen LogP contribution in [0.1, 0.15) is 26.7 Å². The largest absolute Gasteiger partial charge is 0.378 e. The molecule has 1 rings (SSSR count). The minimum atomic E-state index is 0.370. The van der Waals surface area contributed by atoms with E-state index in [4.69, 9.17) is 4.74 Å². The zero-order chi connectivity index (χ0) is 9.68. The van der Waals surface area contributed by atoms with E-state index < -0.39 is 0 Å². The molecule has 1 fully saturated rings. The molecule has 1 radical (unpaired) electrons. The first-order chi connectivity index (χ1) is 6.22. The number of hydrogen-bond donors (Lipinski definition) is 0. The molecule has 0 amide bonds. The molecule has 2 nitrogen and oxygen atoms in total. The molecular weight excluding hydrogens is 162 g/mol. The summed E-state index contributed by atoms with van der Waals surface area (Å²) in [7, 11) is 0. The van der Waals surface area contributed by atoms with E-state index in [9.17, 15) is 0 Å². The highest BCUT2D eigenvalue weighted by Gasteiger charge is 2.18. The summed E-state index contributed by atoms with van der Waals surface area (Å²) in [6.45, 7) is 12.4. The van der Waals surface area contributed by atoms with Crippen molar-refractivity contribution in [3.63, 3.8) is 0 Å². The lowest BCUT2D eigenvalue weighted by Crippen LogP contribution is -2.37. The van der Waals surface area contributed by atoms with Crippen LogP contribution in [-0.4, -0.2) is 37.2 Å². The number of rotatable bonds is 4. The average Bonchev–Trinajstić information content (AvgIpc) is 2.15. The molecule has 0 bridgehead atoms. The van der Waals surface area contributed by atoms with E-state index >= 15 is 0 Å². The molecular formula is C11H22NO. The first kappa shape index (κ1) is 11.0. The van der Waals surface area contributed by atoms with E-state index in [2.05, 4.69) is 25.7 Å². The summed E-state index contributed by atoms with van der Waals surface area (Å²) >= 11 is 0. The molecule has 0 aromatic carbocycles. The van der Waals surface area contributed by atoms with Gasteiger partial charge in [0.25, 0.3) is 0 Å². The van der Waals surface area contributed by atoms with Crippen LogP contribution in [-0.2, 0) is 4.74 Å². The van der Waals surface area contributed by atoms with Crippen LogP contribution in [0.2, 0.25) is 0 Å². The van der Waals surface area contributed by atoms with E-state index in [0.717, 1.165) is 19.1 Å². The molecule has 0 spiro atoms. The summed E-state index contributed by atoms with van der Waals surface area (Å²) in [4.78, 5) is 2.41. The fourth-order valence-corrected chi connectivity index (χ4v) is 1.82. The van der Waals surface area contributed by atoms with E-state index in [1.165, 1.54) is 25.9 Å². The highest BCUT2D eigenvalue weighted by Crippen LogP contribution is 2.16. The number of hydrogen-bond acceptors (Lipinski definition) is 2. The van der Waals surface area contributed by atoms with Gasteiger partial charge in [0.2, 0.25) is 0 Å². The van der Waals surface area contributed by atoms with Crippen LogP contribution in [0, 0.1) is 12.8 Å². The van der Waals surface area contributed by atoms with Gasteiger partial charge in [0.05, 0.1) is 12.7 Å². The van der Waals surface area contributed by atoms with Crippen LogP contribution < -0.4 is 0 Å². The van der Waals surface area contributed by atoms with Crippen molar-refractivity contribution in [3.05, 3.63) is 6.92 Å². The highest BCUT2D eigenvalue weighted by atomic mass is 16.5. The van der Waals surface area contributed by atoms with Gasteiger partial charge in [0, 0.05) is 6.54 Å². The lowest BCUT2D eigenvalue weighted by molar-refractivity contribution is 0.0279. The van der Waals surface area contributed by atoms with Gasteiger partial charge in [0.15, 0.2) is 0 Å². The number of nitrogens with zero attached hydrogens (tertiary/aromatic N) is 1. The van der Waals surface area contributed by atoms with Crippen LogP contribution in [0.25, 0.3) is 0 Å². The van der Waals surface area contributed by atoms with Gasteiger partial charge in [0.1, 0.15) is 0 Å². The van der Waals surface area contributed by atoms with Crippen molar-refractivity contribution >= 4 is 0 Å². The van der Waals surface area contributed by atoms with Gasteiger partial charge in [-0.3, -0.25) is 0 Å². The van der Waals surface area contributed by atoms with Crippen molar-refractivity contribution in [1.29, 1.82) is 0 Å². The lowest BCUT2D eigenvalue weighted by atomic mass is 9.99. The maximum Gasteiger partial charge on any atom is 0.0519 e. The first-order valence-corrected chi connectivity index (χ1v) is 5.35. The summed E-state index contributed by atoms with van der Waals surface area (Å²) in [6, 6.07) is 0. The van der Waals surface area contributed by atoms with E-state index in [1.54, 1.807) is 0 Å². The van der Waals surface area contributed by atoms with Gasteiger partial charge in [-0.15, -0.1) is 0 Å². The van der Waals surface area contributed by atoms with Crippen molar-refractivity contribution in [2.75, 3.05) is 26.2 Å². The van der Waals surface area contributed by atoms with Crippen molar-refractivity contribution in [3.8, 4) is 0 Å². The molecule has 0 aromatic heterocycles. The molecule has 1 aliphatic heterocycles. The van der Waals surface area contributed by atoms with E-state index in [-0.39, 0.29) is 0 Å². The molecule has 1 saturated heterocycles. The smallest absolute Gasteiger partial charge is 0.0519 e. The maximum atomic E-state index is 5.63. The Bertz CT molecular complexity index is 136. The van der Waals surface area contributed by atoms with Crippen LogP contribution in [0.5, 0.6) is 0 Å². The summed E-state index contributed by atoms with van der Waals surface area (Å²) in [5, 5.41) is 0. The minimum Gasteiger partial charge on any atom is -0.378 e. The third-order valence-electron chi connectivity index (χ3n) is 2.58. The number of likely N-dealkylation sites (tertiary alicyclic amines) is 1. The Morgan fingerprint density at radius 2 is 2.31 bits per heavy atom. The maximum absolute atomic E-state index is 5.63. The Kier molecular flexibility index (Phi) is 4.74. The third kappa shape index (κ3) is 4.10. The van der Waals surface area contributed by atoms with E-state index in [1.807, 2.05) is 0 Å².